The monoisotopic (exact) mass is 424 g/mol. The van der Waals surface area contributed by atoms with Crippen molar-refractivity contribution in [2.45, 2.75) is 32.2 Å². The van der Waals surface area contributed by atoms with Crippen LogP contribution in [0.2, 0.25) is 0 Å². The lowest BCUT2D eigenvalue weighted by atomic mass is 9.98. The van der Waals surface area contributed by atoms with Crippen molar-refractivity contribution in [1.82, 2.24) is 4.90 Å². The molecule has 0 bridgehead atoms. The molecule has 1 aliphatic rings. The van der Waals surface area contributed by atoms with E-state index in [4.69, 9.17) is 4.42 Å². The van der Waals surface area contributed by atoms with Gasteiger partial charge < -0.3 is 9.73 Å². The highest BCUT2D eigenvalue weighted by molar-refractivity contribution is 6.09. The summed E-state index contributed by atoms with van der Waals surface area (Å²) in [5.74, 6) is 0.683. The van der Waals surface area contributed by atoms with Crippen molar-refractivity contribution in [3.63, 3.8) is 0 Å². The SMILES string of the molecule is Cc1ccc(C(=O)Nc2c([C@H](c3ccccc3)N3CCCCC3)oc3ccccc23)cc1. The number of benzene rings is 3. The number of carbonyl (C=O) groups excluding carboxylic acids is 1. The molecule has 4 nitrogen and oxygen atoms in total. The summed E-state index contributed by atoms with van der Waals surface area (Å²) < 4.78 is 6.47. The molecule has 1 aromatic heterocycles. The lowest BCUT2D eigenvalue weighted by Crippen LogP contribution is -2.34. The third kappa shape index (κ3) is 4.06. The Balaban J connectivity index is 1.61. The maximum Gasteiger partial charge on any atom is 0.255 e. The zero-order chi connectivity index (χ0) is 21.9. The number of furan rings is 1. The number of piperidine rings is 1. The van der Waals surface area contributed by atoms with E-state index in [1.54, 1.807) is 0 Å². The first-order valence-electron chi connectivity index (χ1n) is 11.4. The standard InChI is InChI=1S/C28H28N2O2/c1-20-14-16-22(17-15-20)28(31)29-25-23-12-6-7-13-24(23)32-27(25)26(21-10-4-2-5-11-21)30-18-8-3-9-19-30/h2,4-7,10-17,26H,3,8-9,18-19H2,1H3,(H,29,31)/t26-/m0/s1. The number of nitrogens with one attached hydrogen (secondary N) is 1. The maximum atomic E-state index is 13.2. The average Bonchev–Trinajstić information content (AvgIpc) is 3.19. The van der Waals surface area contributed by atoms with Crippen molar-refractivity contribution in [2.75, 3.05) is 18.4 Å². The number of nitrogens with zero attached hydrogens (tertiary/aromatic N) is 1. The first-order chi connectivity index (χ1) is 15.7. The van der Waals surface area contributed by atoms with Crippen LogP contribution in [0.15, 0.2) is 83.3 Å². The molecule has 1 saturated heterocycles. The van der Waals surface area contributed by atoms with Gasteiger partial charge in [-0.2, -0.15) is 0 Å². The largest absolute Gasteiger partial charge is 0.457 e. The molecular weight excluding hydrogens is 396 g/mol. The molecule has 0 saturated carbocycles. The summed E-state index contributed by atoms with van der Waals surface area (Å²) in [4.78, 5) is 15.7. The molecular formula is C28H28N2O2. The lowest BCUT2D eigenvalue weighted by Gasteiger charge is -2.34. The fraction of sp³-hybridized carbons (Fsp3) is 0.250. The van der Waals surface area contributed by atoms with Crippen molar-refractivity contribution in [3.05, 3.63) is 101 Å². The van der Waals surface area contributed by atoms with Crippen LogP contribution in [0.25, 0.3) is 11.0 Å². The zero-order valence-corrected chi connectivity index (χ0v) is 18.4. The number of fused-ring (bicyclic) bond motifs is 1. The van der Waals surface area contributed by atoms with Crippen molar-refractivity contribution < 1.29 is 9.21 Å². The molecule has 1 aliphatic heterocycles. The number of hydrogen-bond acceptors (Lipinski definition) is 3. The van der Waals surface area contributed by atoms with Crippen molar-refractivity contribution in [1.29, 1.82) is 0 Å². The second-order valence-corrected chi connectivity index (χ2v) is 8.57. The molecule has 4 heteroatoms. The fourth-order valence-corrected chi connectivity index (χ4v) is 4.62. The summed E-state index contributed by atoms with van der Waals surface area (Å²) >= 11 is 0. The molecule has 1 N–H and O–H groups in total. The van der Waals surface area contributed by atoms with Crippen molar-refractivity contribution in [2.24, 2.45) is 0 Å². The van der Waals surface area contributed by atoms with Crippen LogP contribution < -0.4 is 5.32 Å². The molecule has 4 aromatic rings. The quantitative estimate of drug-likeness (QED) is 0.394. The number of amides is 1. The third-order valence-corrected chi connectivity index (χ3v) is 6.29. The molecule has 5 rings (SSSR count). The predicted octanol–water partition coefficient (Wildman–Crippen LogP) is 6.57. The normalized spacial score (nSPS) is 15.5. The van der Waals surface area contributed by atoms with Crippen LogP contribution in [0.1, 0.15) is 52.5 Å². The molecule has 0 spiro atoms. The smallest absolute Gasteiger partial charge is 0.255 e. The van der Waals surface area contributed by atoms with Crippen LogP contribution in [-0.4, -0.2) is 23.9 Å². The van der Waals surface area contributed by atoms with Gasteiger partial charge in [0.15, 0.2) is 0 Å². The predicted molar refractivity (Wildman–Crippen MR) is 129 cm³/mol. The van der Waals surface area contributed by atoms with Gasteiger partial charge in [-0.25, -0.2) is 0 Å². The molecule has 32 heavy (non-hydrogen) atoms. The molecule has 162 valence electrons. The van der Waals surface area contributed by atoms with Crippen LogP contribution in [-0.2, 0) is 0 Å². The van der Waals surface area contributed by atoms with E-state index in [2.05, 4.69) is 34.5 Å². The van der Waals surface area contributed by atoms with Gasteiger partial charge in [-0.3, -0.25) is 9.69 Å². The summed E-state index contributed by atoms with van der Waals surface area (Å²) in [7, 11) is 0. The molecule has 1 amide bonds. The number of para-hydroxylation sites is 1. The summed E-state index contributed by atoms with van der Waals surface area (Å²) in [5, 5.41) is 4.13. The number of carbonyl (C=O) groups is 1. The van der Waals surface area contributed by atoms with E-state index in [-0.39, 0.29) is 11.9 Å². The molecule has 3 aromatic carbocycles. The summed E-state index contributed by atoms with van der Waals surface area (Å²) in [6.45, 7) is 4.05. The average molecular weight is 425 g/mol. The Morgan fingerprint density at radius 1 is 0.875 bits per heavy atom. The minimum absolute atomic E-state index is 0.0442. The molecule has 0 aliphatic carbocycles. The van der Waals surface area contributed by atoms with Crippen LogP contribution in [0, 0.1) is 6.92 Å². The van der Waals surface area contributed by atoms with Crippen LogP contribution in [0.4, 0.5) is 5.69 Å². The number of hydrogen-bond donors (Lipinski definition) is 1. The Morgan fingerprint density at radius 2 is 1.56 bits per heavy atom. The Morgan fingerprint density at radius 3 is 2.31 bits per heavy atom. The molecule has 1 fully saturated rings. The Bertz CT molecular complexity index is 1210. The van der Waals surface area contributed by atoms with E-state index in [0.29, 0.717) is 5.56 Å². The second-order valence-electron chi connectivity index (χ2n) is 8.57. The second kappa shape index (κ2) is 9.01. The fourth-order valence-electron chi connectivity index (χ4n) is 4.62. The van der Waals surface area contributed by atoms with Crippen LogP contribution in [0.3, 0.4) is 0 Å². The van der Waals surface area contributed by atoms with Gasteiger partial charge in [0.2, 0.25) is 0 Å². The van der Waals surface area contributed by atoms with Crippen LogP contribution >= 0.6 is 0 Å². The summed E-state index contributed by atoms with van der Waals surface area (Å²) in [6.07, 6.45) is 3.61. The molecule has 0 radical (unpaired) electrons. The Labute approximate surface area is 188 Å². The van der Waals surface area contributed by atoms with Gasteiger partial charge >= 0.3 is 0 Å². The van der Waals surface area contributed by atoms with Crippen LogP contribution in [0.5, 0.6) is 0 Å². The minimum Gasteiger partial charge on any atom is -0.457 e. The number of anilines is 1. The van der Waals surface area contributed by atoms with Crippen molar-refractivity contribution >= 4 is 22.6 Å². The number of aryl methyl sites for hydroxylation is 1. The highest BCUT2D eigenvalue weighted by atomic mass is 16.3. The van der Waals surface area contributed by atoms with Gasteiger partial charge in [0, 0.05) is 10.9 Å². The number of rotatable bonds is 5. The van der Waals surface area contributed by atoms with Gasteiger partial charge in [-0.15, -0.1) is 0 Å². The highest BCUT2D eigenvalue weighted by Crippen LogP contribution is 2.41. The maximum absolute atomic E-state index is 13.2. The van der Waals surface area contributed by atoms with Gasteiger partial charge in [-0.05, 0) is 62.7 Å². The summed E-state index contributed by atoms with van der Waals surface area (Å²) in [6, 6.07) is 26.0. The van der Waals surface area contributed by atoms with Gasteiger partial charge in [0.1, 0.15) is 11.3 Å². The molecule has 1 atom stereocenters. The highest BCUT2D eigenvalue weighted by Gasteiger charge is 2.31. The van der Waals surface area contributed by atoms with Crippen molar-refractivity contribution in [3.8, 4) is 0 Å². The van der Waals surface area contributed by atoms with E-state index in [9.17, 15) is 4.79 Å². The van der Waals surface area contributed by atoms with E-state index in [1.807, 2.05) is 61.5 Å². The van der Waals surface area contributed by atoms with E-state index in [1.165, 1.54) is 24.8 Å². The topological polar surface area (TPSA) is 45.5 Å². The first-order valence-corrected chi connectivity index (χ1v) is 11.4. The van der Waals surface area contributed by atoms with Gasteiger partial charge in [0.05, 0.1) is 11.7 Å². The minimum atomic E-state index is -0.122. The zero-order valence-electron chi connectivity index (χ0n) is 18.4. The van der Waals surface area contributed by atoms with E-state index >= 15 is 0 Å². The number of likely N-dealkylation sites (tertiary alicyclic amines) is 1. The third-order valence-electron chi connectivity index (χ3n) is 6.29. The van der Waals surface area contributed by atoms with E-state index in [0.717, 1.165) is 41.1 Å². The Hall–Kier alpha value is -3.37. The summed E-state index contributed by atoms with van der Waals surface area (Å²) in [5.41, 5.74) is 4.51. The van der Waals surface area contributed by atoms with E-state index < -0.39 is 0 Å². The van der Waals surface area contributed by atoms with Gasteiger partial charge in [0.25, 0.3) is 5.91 Å². The first kappa shape index (κ1) is 20.5. The Kier molecular flexibility index (Phi) is 5.78. The molecule has 0 unspecified atom stereocenters. The molecule has 2 heterocycles. The lowest BCUT2D eigenvalue weighted by molar-refractivity contribution is 0.102. The van der Waals surface area contributed by atoms with Gasteiger partial charge in [-0.1, -0.05) is 66.6 Å².